The molecule has 0 aliphatic heterocycles. The molecule has 1 amide bonds. The first-order chi connectivity index (χ1) is 11.4. The van der Waals surface area contributed by atoms with Crippen molar-refractivity contribution in [3.05, 3.63) is 34.9 Å². The van der Waals surface area contributed by atoms with E-state index in [1.807, 2.05) is 12.1 Å². The lowest BCUT2D eigenvalue weighted by Crippen LogP contribution is -2.34. The van der Waals surface area contributed by atoms with Crippen molar-refractivity contribution >= 4 is 11.7 Å². The van der Waals surface area contributed by atoms with E-state index in [2.05, 4.69) is 19.9 Å². The summed E-state index contributed by atoms with van der Waals surface area (Å²) in [6.45, 7) is 4.81. The number of carbonyl (C=O) groups is 2. The third-order valence-electron chi connectivity index (χ3n) is 5.07. The zero-order chi connectivity index (χ0) is 17.7. The van der Waals surface area contributed by atoms with Crippen molar-refractivity contribution in [3.63, 3.8) is 0 Å². The Morgan fingerprint density at radius 3 is 2.58 bits per heavy atom. The molecule has 0 heterocycles. The molecule has 1 atom stereocenters. The zero-order valence-corrected chi connectivity index (χ0v) is 15.2. The number of nitrogens with zero attached hydrogens (tertiary/aromatic N) is 1. The second kappa shape index (κ2) is 8.43. The van der Waals surface area contributed by atoms with E-state index in [1.54, 1.807) is 11.9 Å². The fourth-order valence-electron chi connectivity index (χ4n) is 3.10. The van der Waals surface area contributed by atoms with Crippen molar-refractivity contribution in [3.8, 4) is 0 Å². The highest BCUT2D eigenvalue weighted by molar-refractivity contribution is 5.98. The molecule has 0 bridgehead atoms. The van der Waals surface area contributed by atoms with E-state index >= 15 is 0 Å². The third-order valence-corrected chi connectivity index (χ3v) is 5.07. The van der Waals surface area contributed by atoms with Gasteiger partial charge in [-0.1, -0.05) is 26.0 Å². The van der Waals surface area contributed by atoms with Crippen LogP contribution in [0.3, 0.4) is 0 Å². The number of amides is 1. The van der Waals surface area contributed by atoms with Gasteiger partial charge in [-0.05, 0) is 48.8 Å². The average Bonchev–Trinajstić information content (AvgIpc) is 3.04. The molecule has 0 saturated carbocycles. The number of benzene rings is 1. The molecule has 0 radical (unpaired) electrons. The van der Waals surface area contributed by atoms with Gasteiger partial charge in [0.15, 0.2) is 5.78 Å². The molecular weight excluding hydrogens is 300 g/mol. The summed E-state index contributed by atoms with van der Waals surface area (Å²) in [5.41, 5.74) is 9.42. The van der Waals surface area contributed by atoms with Crippen LogP contribution in [0.5, 0.6) is 0 Å². The first kappa shape index (κ1) is 18.7. The highest BCUT2D eigenvalue weighted by Gasteiger charge is 2.17. The average molecular weight is 330 g/mol. The number of aryl methyl sites for hydroxylation is 2. The lowest BCUT2D eigenvalue weighted by molar-refractivity contribution is -0.129. The Morgan fingerprint density at radius 2 is 1.88 bits per heavy atom. The van der Waals surface area contributed by atoms with Crippen molar-refractivity contribution in [2.45, 2.75) is 58.4 Å². The maximum absolute atomic E-state index is 12.3. The van der Waals surface area contributed by atoms with Gasteiger partial charge in [-0.3, -0.25) is 9.59 Å². The molecule has 1 aliphatic rings. The summed E-state index contributed by atoms with van der Waals surface area (Å²) in [6, 6.07) is 6.09. The Hall–Kier alpha value is -1.68. The number of hydrogen-bond acceptors (Lipinski definition) is 3. The highest BCUT2D eigenvalue weighted by atomic mass is 16.2. The number of fused-ring (bicyclic) bond motifs is 1. The molecule has 1 aliphatic carbocycles. The van der Waals surface area contributed by atoms with E-state index in [9.17, 15) is 9.59 Å². The van der Waals surface area contributed by atoms with Crippen LogP contribution in [-0.4, -0.2) is 36.2 Å². The minimum atomic E-state index is 0.0143. The normalized spacial score (nSPS) is 14.5. The van der Waals surface area contributed by atoms with Gasteiger partial charge in [-0.2, -0.15) is 0 Å². The maximum atomic E-state index is 12.3. The van der Waals surface area contributed by atoms with Crippen LogP contribution in [0.25, 0.3) is 0 Å². The van der Waals surface area contributed by atoms with E-state index in [0.717, 1.165) is 24.8 Å². The topological polar surface area (TPSA) is 63.4 Å². The van der Waals surface area contributed by atoms with E-state index in [0.29, 0.717) is 12.5 Å². The Morgan fingerprint density at radius 1 is 1.17 bits per heavy atom. The summed E-state index contributed by atoms with van der Waals surface area (Å²) in [5.74, 6) is 0.487. The predicted molar refractivity (Wildman–Crippen MR) is 97.1 cm³/mol. The van der Waals surface area contributed by atoms with Crippen molar-refractivity contribution in [2.24, 2.45) is 11.7 Å². The Kier molecular flexibility index (Phi) is 6.55. The molecule has 2 N–H and O–H groups in total. The molecule has 1 aromatic carbocycles. The van der Waals surface area contributed by atoms with Crippen LogP contribution in [0.4, 0.5) is 0 Å². The summed E-state index contributed by atoms with van der Waals surface area (Å²) in [4.78, 5) is 26.2. The van der Waals surface area contributed by atoms with Crippen LogP contribution in [0.1, 0.15) is 61.0 Å². The zero-order valence-electron chi connectivity index (χ0n) is 15.2. The lowest BCUT2D eigenvalue weighted by atomic mass is 10.0. The third kappa shape index (κ3) is 4.91. The van der Waals surface area contributed by atoms with Gasteiger partial charge in [0.05, 0.1) is 0 Å². The lowest BCUT2D eigenvalue weighted by Gasteiger charge is -2.21. The standard InChI is InChI=1S/C20H30N2O2/c1-14(2)18(21)11-12-22(3)20(24)10-9-19(23)17-8-7-15-5-4-6-16(15)13-17/h7-8,13-14,18H,4-6,9-12,21H2,1-3H3. The molecule has 0 aromatic heterocycles. The van der Waals surface area contributed by atoms with Gasteiger partial charge < -0.3 is 10.6 Å². The number of Topliss-reactive ketones (excluding diaryl/α,β-unsaturated/α-hetero) is 1. The van der Waals surface area contributed by atoms with Crippen LogP contribution < -0.4 is 5.73 Å². The SMILES string of the molecule is CC(C)C(N)CCN(C)C(=O)CCC(=O)c1ccc2c(c1)CCC2. The van der Waals surface area contributed by atoms with Crippen LogP contribution in [0.2, 0.25) is 0 Å². The van der Waals surface area contributed by atoms with Gasteiger partial charge in [0.25, 0.3) is 0 Å². The molecule has 132 valence electrons. The van der Waals surface area contributed by atoms with Gasteiger partial charge in [-0.15, -0.1) is 0 Å². The first-order valence-electron chi connectivity index (χ1n) is 9.03. The monoisotopic (exact) mass is 330 g/mol. The van der Waals surface area contributed by atoms with Crippen molar-refractivity contribution in [1.29, 1.82) is 0 Å². The fourth-order valence-corrected chi connectivity index (χ4v) is 3.10. The van der Waals surface area contributed by atoms with E-state index in [-0.39, 0.29) is 30.6 Å². The van der Waals surface area contributed by atoms with Gasteiger partial charge in [0.1, 0.15) is 0 Å². The summed E-state index contributed by atoms with van der Waals surface area (Å²) >= 11 is 0. The quantitative estimate of drug-likeness (QED) is 0.745. The molecule has 4 nitrogen and oxygen atoms in total. The second-order valence-corrected chi connectivity index (χ2v) is 7.27. The number of rotatable bonds is 8. The molecule has 24 heavy (non-hydrogen) atoms. The van der Waals surface area contributed by atoms with E-state index in [1.165, 1.54) is 17.5 Å². The van der Waals surface area contributed by atoms with Crippen LogP contribution in [-0.2, 0) is 17.6 Å². The summed E-state index contributed by atoms with van der Waals surface area (Å²) < 4.78 is 0. The molecule has 0 spiro atoms. The Bertz CT molecular complexity index is 595. The highest BCUT2D eigenvalue weighted by Crippen LogP contribution is 2.23. The van der Waals surface area contributed by atoms with Crippen LogP contribution in [0.15, 0.2) is 18.2 Å². The van der Waals surface area contributed by atoms with Crippen molar-refractivity contribution in [2.75, 3.05) is 13.6 Å². The summed E-state index contributed by atoms with van der Waals surface area (Å²) in [7, 11) is 1.79. The number of nitrogens with two attached hydrogens (primary N) is 1. The Balaban J connectivity index is 1.79. The van der Waals surface area contributed by atoms with Gasteiger partial charge >= 0.3 is 0 Å². The Labute approximate surface area is 145 Å². The molecular formula is C20H30N2O2. The summed E-state index contributed by atoms with van der Waals surface area (Å²) in [5, 5.41) is 0. The molecule has 1 aromatic rings. The molecule has 1 unspecified atom stereocenters. The molecule has 0 saturated heterocycles. The van der Waals surface area contributed by atoms with Crippen molar-refractivity contribution in [1.82, 2.24) is 4.90 Å². The number of hydrogen-bond donors (Lipinski definition) is 1. The van der Waals surface area contributed by atoms with Crippen LogP contribution >= 0.6 is 0 Å². The first-order valence-corrected chi connectivity index (χ1v) is 9.03. The van der Waals surface area contributed by atoms with Gasteiger partial charge in [0.2, 0.25) is 5.91 Å². The van der Waals surface area contributed by atoms with E-state index < -0.39 is 0 Å². The second-order valence-electron chi connectivity index (χ2n) is 7.27. The molecule has 0 fully saturated rings. The maximum Gasteiger partial charge on any atom is 0.222 e. The van der Waals surface area contributed by atoms with Crippen molar-refractivity contribution < 1.29 is 9.59 Å². The van der Waals surface area contributed by atoms with Gasteiger partial charge in [0, 0.05) is 38.0 Å². The van der Waals surface area contributed by atoms with Crippen LogP contribution in [0, 0.1) is 5.92 Å². The molecule has 2 rings (SSSR count). The van der Waals surface area contributed by atoms with Gasteiger partial charge in [-0.25, -0.2) is 0 Å². The van der Waals surface area contributed by atoms with E-state index in [4.69, 9.17) is 5.73 Å². The fraction of sp³-hybridized carbons (Fsp3) is 0.600. The minimum absolute atomic E-state index is 0.0143. The number of carbonyl (C=O) groups excluding carboxylic acids is 2. The predicted octanol–water partition coefficient (Wildman–Crippen LogP) is 2.97. The minimum Gasteiger partial charge on any atom is -0.346 e. The smallest absolute Gasteiger partial charge is 0.222 e. The largest absolute Gasteiger partial charge is 0.346 e. The number of ketones is 1. The summed E-state index contributed by atoms with van der Waals surface area (Å²) in [6.07, 6.45) is 4.69. The molecule has 4 heteroatoms.